The van der Waals surface area contributed by atoms with Crippen molar-refractivity contribution in [2.45, 2.75) is 274 Å². The van der Waals surface area contributed by atoms with Gasteiger partial charge in [0.15, 0.2) is 0 Å². The Labute approximate surface area is 540 Å². The standard InChI is InChI=1S/C34H57N3O3.C28H45ClO2.C6H13BrO.N3.Na/c1-24(2)11-10-12-25(3)29-15-16-30-28-14-13-26-23-27(17-19-33(26,4)31(28)18-20-34(29,30)5)40-32(38)39-22-9-7-6-8-21-36-37-35;1-18(2)7-6-8-19(3)23-11-12-24-22-10-9-20-17-21(31-26(29)30)13-15-27(20,4)25(22)14-16-28(23,24)5;7-5-3-1-2-4-6-8;1-3-2;/h13,24-25,27-31H,6-12,14-23H2,1-5H3;9,18-19,21-25H,6-8,10-17H2,1-5H3;8H,1-6H2;;/q;;;-1;+1/t25-,27+,28?,29?,30?,31?,33+,34-;19-,21+,22?,23?,24?,25?,27+,28-;;;/m11.../s1. The van der Waals surface area contributed by atoms with E-state index < -0.39 is 11.6 Å². The molecule has 0 aromatic heterocycles. The predicted molar refractivity (Wildman–Crippen MR) is 340 cm³/mol. The molecular weight excluding hydrogens is 1140 g/mol. The van der Waals surface area contributed by atoms with Gasteiger partial charge in [-0.25, -0.2) is 9.59 Å². The summed E-state index contributed by atoms with van der Waals surface area (Å²) in [6.07, 6.45) is 41.0. The van der Waals surface area contributed by atoms with Crippen LogP contribution in [0, 0.1) is 92.7 Å². The molecule has 6 fully saturated rings. The molecule has 0 amide bonds. The Morgan fingerprint density at radius 3 is 1.53 bits per heavy atom. The van der Waals surface area contributed by atoms with Crippen LogP contribution in [0.4, 0.5) is 9.59 Å². The summed E-state index contributed by atoms with van der Waals surface area (Å²) in [4.78, 5) is 27.9. The molecule has 0 heterocycles. The maximum atomic E-state index is 12.4. The van der Waals surface area contributed by atoms with Gasteiger partial charge in [0.2, 0.25) is 0 Å². The average molecular weight is 1250 g/mol. The van der Waals surface area contributed by atoms with Crippen LogP contribution in [0.1, 0.15) is 262 Å². The van der Waals surface area contributed by atoms with E-state index >= 15 is 0 Å². The van der Waals surface area contributed by atoms with Gasteiger partial charge in [0, 0.05) is 47.8 Å². The number of aliphatic hydroxyl groups is 1. The van der Waals surface area contributed by atoms with Crippen LogP contribution in [-0.4, -0.2) is 54.0 Å². The summed E-state index contributed by atoms with van der Waals surface area (Å²) in [5.41, 5.74) is 25.9. The molecule has 8 aliphatic rings. The zero-order chi connectivity index (χ0) is 60.1. The maximum absolute atomic E-state index is 12.4. The van der Waals surface area contributed by atoms with E-state index in [9.17, 15) is 9.59 Å². The zero-order valence-corrected chi connectivity index (χ0v) is 58.5. The first-order valence-electron chi connectivity index (χ1n) is 33.4. The molecule has 468 valence electrons. The van der Waals surface area contributed by atoms with Crippen molar-refractivity contribution in [3.05, 3.63) is 49.7 Å². The van der Waals surface area contributed by atoms with E-state index in [2.05, 4.69) is 107 Å². The summed E-state index contributed by atoms with van der Waals surface area (Å²) in [6, 6.07) is 0. The molecule has 8 unspecified atom stereocenters. The molecule has 0 aliphatic heterocycles. The van der Waals surface area contributed by atoms with E-state index in [0.29, 0.717) is 36.0 Å². The second-order valence-electron chi connectivity index (χ2n) is 29.2. The summed E-state index contributed by atoms with van der Waals surface area (Å²) < 4.78 is 16.6. The van der Waals surface area contributed by atoms with Crippen LogP contribution in [0.5, 0.6) is 0 Å². The third-order valence-electron chi connectivity index (χ3n) is 23.5. The van der Waals surface area contributed by atoms with E-state index in [1.807, 2.05) is 0 Å². The Kier molecular flexibility index (Phi) is 32.4. The van der Waals surface area contributed by atoms with Crippen LogP contribution in [0.15, 0.2) is 28.4 Å². The Morgan fingerprint density at radius 1 is 0.627 bits per heavy atom. The molecule has 0 spiro atoms. The van der Waals surface area contributed by atoms with Crippen LogP contribution in [-0.2, 0) is 14.2 Å². The fraction of sp³-hybridized carbons (Fsp3) is 0.912. The molecule has 0 saturated heterocycles. The van der Waals surface area contributed by atoms with Gasteiger partial charge < -0.3 is 30.4 Å². The molecule has 0 bridgehead atoms. The van der Waals surface area contributed by atoms with Crippen LogP contribution >= 0.6 is 27.5 Å². The number of hydrogen-bond donors (Lipinski definition) is 1. The van der Waals surface area contributed by atoms with Crippen molar-refractivity contribution in [2.24, 2.45) is 97.8 Å². The summed E-state index contributed by atoms with van der Waals surface area (Å²) in [7, 11) is 0. The number of allylic oxidation sites excluding steroid dienone is 2. The fourth-order valence-corrected chi connectivity index (χ4v) is 19.7. The predicted octanol–water partition coefficient (Wildman–Crippen LogP) is 19.0. The van der Waals surface area contributed by atoms with Crippen molar-refractivity contribution in [1.82, 2.24) is 0 Å². The number of rotatable bonds is 24. The Balaban J connectivity index is 0.000000305. The van der Waals surface area contributed by atoms with Crippen LogP contribution in [0.3, 0.4) is 0 Å². The number of unbranched alkanes of at least 4 members (excludes halogenated alkanes) is 6. The number of aliphatic hydroxyl groups excluding tert-OH is 1. The fourth-order valence-electron chi connectivity index (χ4n) is 19.2. The average Bonchev–Trinajstić information content (AvgIpc) is 4.21. The number of halogens is 2. The third-order valence-corrected chi connectivity index (χ3v) is 24.2. The van der Waals surface area contributed by atoms with Crippen molar-refractivity contribution >= 4 is 39.1 Å². The van der Waals surface area contributed by atoms with Crippen LogP contribution in [0.25, 0.3) is 26.4 Å². The topological polar surface area (TPSA) is 190 Å². The summed E-state index contributed by atoms with van der Waals surface area (Å²) in [6.45, 7) is 26.2. The molecule has 12 nitrogen and oxygen atoms in total. The maximum Gasteiger partial charge on any atom is 1.00 e. The Hall–Kier alpha value is -1.43. The normalized spacial score (nSPS) is 34.2. The molecular formula is C68H115BrClN6NaO6. The van der Waals surface area contributed by atoms with Crippen molar-refractivity contribution in [3.8, 4) is 0 Å². The van der Waals surface area contributed by atoms with E-state index in [1.165, 1.54) is 127 Å². The van der Waals surface area contributed by atoms with E-state index in [4.69, 9.17) is 47.5 Å². The third kappa shape index (κ3) is 20.0. The number of azide groups is 1. The molecule has 0 aromatic carbocycles. The monoisotopic (exact) mass is 1250 g/mol. The molecule has 83 heavy (non-hydrogen) atoms. The van der Waals surface area contributed by atoms with E-state index in [1.54, 1.807) is 11.1 Å². The molecule has 0 aromatic rings. The number of nitrogens with zero attached hydrogens (tertiary/aromatic N) is 6. The second-order valence-corrected chi connectivity index (χ2v) is 30.3. The Bertz CT molecular complexity index is 2120. The number of carbonyl (C=O) groups excluding carboxylic acids is 2. The van der Waals surface area contributed by atoms with Gasteiger partial charge in [-0.05, 0) is 214 Å². The molecule has 8 aliphatic carbocycles. The van der Waals surface area contributed by atoms with Gasteiger partial charge in [-0.15, -0.1) is 0 Å². The Morgan fingerprint density at radius 2 is 1.08 bits per heavy atom. The van der Waals surface area contributed by atoms with E-state index in [0.717, 1.165) is 147 Å². The van der Waals surface area contributed by atoms with Gasteiger partial charge in [-0.2, -0.15) is 0 Å². The molecule has 15 heteroatoms. The molecule has 0 radical (unpaired) electrons. The van der Waals surface area contributed by atoms with Gasteiger partial charge in [0.05, 0.1) is 6.61 Å². The van der Waals surface area contributed by atoms with Gasteiger partial charge in [-0.3, -0.25) is 4.91 Å². The minimum atomic E-state index is -0.643. The number of carbonyl (C=O) groups is 2. The van der Waals surface area contributed by atoms with Crippen molar-refractivity contribution in [2.75, 3.05) is 25.1 Å². The number of fused-ring (bicyclic) bond motifs is 10. The minimum Gasteiger partial charge on any atom is -0.450 e. The first kappa shape index (κ1) is 74.0. The van der Waals surface area contributed by atoms with Gasteiger partial charge in [0.25, 0.3) is 0 Å². The van der Waals surface area contributed by atoms with Crippen molar-refractivity contribution < 1.29 is 58.5 Å². The first-order chi connectivity index (χ1) is 39.2. The SMILES string of the molecule is CC(C)CCC[C@@H](C)C1CCC2C3CC=C4C[C@@H](OC(=O)Cl)CC[C@]4(C)C3CC[C@@]21C.CC(C)CCC[C@@H](C)C1CCC2C3CC=C4C[C@@H](OC(=O)OCCCCCCN=[N+]=[N-])CC[C@]4(C)C3CC[C@@]21C.OCCCCCCBr.[N-]=[N+]=[N-].[Na+]. The first-order valence-corrected chi connectivity index (χ1v) is 34.9. The minimum absolute atomic E-state index is 0. The second kappa shape index (κ2) is 36.3. The molecule has 8 rings (SSSR count). The van der Waals surface area contributed by atoms with Gasteiger partial charge in [0.1, 0.15) is 12.2 Å². The van der Waals surface area contributed by atoms with Crippen LogP contribution in [0.2, 0.25) is 0 Å². The number of hydrogen-bond acceptors (Lipinski definition) is 7. The quantitative estimate of drug-likeness (QED) is 0.0115. The number of alkyl halides is 1. The summed E-state index contributed by atoms with van der Waals surface area (Å²) >= 11 is 8.85. The molecule has 1 N–H and O–H groups in total. The summed E-state index contributed by atoms with van der Waals surface area (Å²) in [5.74, 6) is 10.3. The smallest absolute Gasteiger partial charge is 0.450 e. The molecule has 16 atom stereocenters. The van der Waals surface area contributed by atoms with Gasteiger partial charge >= 0.3 is 41.1 Å². The van der Waals surface area contributed by atoms with Crippen molar-refractivity contribution in [3.63, 3.8) is 0 Å². The zero-order valence-electron chi connectivity index (χ0n) is 54.2. The van der Waals surface area contributed by atoms with Gasteiger partial charge in [-0.1, -0.05) is 178 Å². The summed E-state index contributed by atoms with van der Waals surface area (Å²) in [5, 5.41) is 13.0. The largest absolute Gasteiger partial charge is 1.00 e. The van der Waals surface area contributed by atoms with E-state index in [-0.39, 0.29) is 47.2 Å². The van der Waals surface area contributed by atoms with Crippen molar-refractivity contribution in [1.29, 1.82) is 0 Å². The number of ether oxygens (including phenoxy) is 3. The van der Waals surface area contributed by atoms with Crippen LogP contribution < -0.4 is 29.6 Å². The molecule has 6 saturated carbocycles.